The first-order valence-corrected chi connectivity index (χ1v) is 8.83. The van der Waals surface area contributed by atoms with Crippen molar-refractivity contribution in [1.82, 2.24) is 10.9 Å². The standard InChI is InChI=1S/C20H22N2O7/c1-25-16-8-12(9-17(26-2)19(16)27-3)4-7-18(23)21-22-20(24)13-5-6-14-15(10-13)29-11-28-14/h5-6,8-10H,4,7,11H2,1-3H3,(H,21,23)(H,22,24). The summed E-state index contributed by atoms with van der Waals surface area (Å²) >= 11 is 0. The van der Waals surface area contributed by atoms with Crippen molar-refractivity contribution in [3.05, 3.63) is 41.5 Å². The molecule has 0 aromatic heterocycles. The van der Waals surface area contributed by atoms with Crippen LogP contribution >= 0.6 is 0 Å². The second-order valence-electron chi connectivity index (χ2n) is 6.10. The van der Waals surface area contributed by atoms with E-state index in [2.05, 4.69) is 10.9 Å². The smallest absolute Gasteiger partial charge is 0.269 e. The molecular formula is C20H22N2O7. The molecule has 9 nitrogen and oxygen atoms in total. The Bertz CT molecular complexity index is 889. The number of aryl methyl sites for hydroxylation is 1. The second-order valence-corrected chi connectivity index (χ2v) is 6.10. The van der Waals surface area contributed by atoms with Crippen LogP contribution in [-0.2, 0) is 11.2 Å². The van der Waals surface area contributed by atoms with E-state index in [1.807, 2.05) is 0 Å². The molecule has 0 atom stereocenters. The lowest BCUT2D eigenvalue weighted by Crippen LogP contribution is -2.41. The van der Waals surface area contributed by atoms with Gasteiger partial charge in [0.2, 0.25) is 18.4 Å². The van der Waals surface area contributed by atoms with Gasteiger partial charge >= 0.3 is 0 Å². The van der Waals surface area contributed by atoms with Gasteiger partial charge < -0.3 is 23.7 Å². The minimum absolute atomic E-state index is 0.123. The Morgan fingerprint density at radius 2 is 1.62 bits per heavy atom. The summed E-state index contributed by atoms with van der Waals surface area (Å²) in [5.74, 6) is 1.79. The molecule has 29 heavy (non-hydrogen) atoms. The molecule has 2 aromatic rings. The number of rotatable bonds is 7. The molecule has 2 N–H and O–H groups in total. The van der Waals surface area contributed by atoms with Crippen molar-refractivity contribution in [3.8, 4) is 28.7 Å². The maximum atomic E-state index is 12.2. The molecule has 1 aliphatic heterocycles. The van der Waals surface area contributed by atoms with E-state index >= 15 is 0 Å². The lowest BCUT2D eigenvalue weighted by atomic mass is 10.1. The fourth-order valence-electron chi connectivity index (χ4n) is 2.84. The summed E-state index contributed by atoms with van der Waals surface area (Å²) < 4.78 is 26.3. The summed E-state index contributed by atoms with van der Waals surface area (Å²) in [6.45, 7) is 0.123. The van der Waals surface area contributed by atoms with Crippen molar-refractivity contribution in [2.24, 2.45) is 0 Å². The summed E-state index contributed by atoms with van der Waals surface area (Å²) in [6.07, 6.45) is 0.572. The van der Waals surface area contributed by atoms with Crippen molar-refractivity contribution in [1.29, 1.82) is 0 Å². The van der Waals surface area contributed by atoms with Gasteiger partial charge in [-0.3, -0.25) is 20.4 Å². The fourth-order valence-corrected chi connectivity index (χ4v) is 2.84. The Labute approximate surface area is 167 Å². The molecule has 3 rings (SSSR count). The van der Waals surface area contributed by atoms with E-state index in [9.17, 15) is 9.59 Å². The topological polar surface area (TPSA) is 104 Å². The van der Waals surface area contributed by atoms with E-state index < -0.39 is 5.91 Å². The van der Waals surface area contributed by atoms with Gasteiger partial charge in [-0.05, 0) is 42.3 Å². The molecule has 0 unspecified atom stereocenters. The van der Waals surface area contributed by atoms with E-state index in [0.717, 1.165) is 5.56 Å². The highest BCUT2D eigenvalue weighted by Crippen LogP contribution is 2.38. The van der Waals surface area contributed by atoms with Crippen LogP contribution in [0.25, 0.3) is 0 Å². The Kier molecular flexibility index (Phi) is 6.28. The number of carbonyl (C=O) groups excluding carboxylic acids is 2. The molecule has 0 radical (unpaired) electrons. The molecule has 0 aliphatic carbocycles. The largest absolute Gasteiger partial charge is 0.493 e. The number of amides is 2. The van der Waals surface area contributed by atoms with Crippen LogP contribution in [0, 0.1) is 0 Å². The number of ether oxygens (including phenoxy) is 5. The minimum atomic E-state index is -0.454. The van der Waals surface area contributed by atoms with Gasteiger partial charge in [0.15, 0.2) is 23.0 Å². The van der Waals surface area contributed by atoms with Crippen LogP contribution in [0.15, 0.2) is 30.3 Å². The number of hydrazine groups is 1. The third kappa shape index (κ3) is 4.63. The summed E-state index contributed by atoms with van der Waals surface area (Å²) in [7, 11) is 4.58. The van der Waals surface area contributed by atoms with E-state index in [0.29, 0.717) is 40.7 Å². The molecule has 9 heteroatoms. The SMILES string of the molecule is COc1cc(CCC(=O)NNC(=O)c2ccc3c(c2)OCO3)cc(OC)c1OC. The van der Waals surface area contributed by atoms with Gasteiger partial charge in [0, 0.05) is 12.0 Å². The Morgan fingerprint density at radius 1 is 0.931 bits per heavy atom. The van der Waals surface area contributed by atoms with Gasteiger partial charge in [0.05, 0.1) is 21.3 Å². The predicted octanol–water partition coefficient (Wildman–Crippen LogP) is 1.83. The summed E-state index contributed by atoms with van der Waals surface area (Å²) in [6, 6.07) is 8.34. The van der Waals surface area contributed by atoms with E-state index in [4.69, 9.17) is 23.7 Å². The van der Waals surface area contributed by atoms with Crippen LogP contribution in [0.3, 0.4) is 0 Å². The van der Waals surface area contributed by atoms with Crippen molar-refractivity contribution in [2.45, 2.75) is 12.8 Å². The van der Waals surface area contributed by atoms with Gasteiger partial charge in [-0.1, -0.05) is 0 Å². The van der Waals surface area contributed by atoms with Crippen LogP contribution in [0.1, 0.15) is 22.3 Å². The highest BCUT2D eigenvalue weighted by atomic mass is 16.7. The molecule has 154 valence electrons. The summed E-state index contributed by atoms with van der Waals surface area (Å²) in [5, 5.41) is 0. The summed E-state index contributed by atoms with van der Waals surface area (Å²) in [5.41, 5.74) is 5.96. The highest BCUT2D eigenvalue weighted by Gasteiger charge is 2.17. The average molecular weight is 402 g/mol. The number of hydrogen-bond acceptors (Lipinski definition) is 7. The zero-order chi connectivity index (χ0) is 20.8. The van der Waals surface area contributed by atoms with E-state index in [1.54, 1.807) is 30.3 Å². The van der Waals surface area contributed by atoms with Crippen molar-refractivity contribution in [3.63, 3.8) is 0 Å². The quantitative estimate of drug-likeness (QED) is 0.681. The molecule has 0 saturated heterocycles. The summed E-state index contributed by atoms with van der Waals surface area (Å²) in [4.78, 5) is 24.3. The van der Waals surface area contributed by atoms with Crippen LogP contribution in [0.5, 0.6) is 28.7 Å². The van der Waals surface area contributed by atoms with Crippen molar-refractivity contribution < 1.29 is 33.3 Å². The molecule has 1 heterocycles. The van der Waals surface area contributed by atoms with Crippen molar-refractivity contribution >= 4 is 11.8 Å². The van der Waals surface area contributed by atoms with Gasteiger partial charge in [-0.2, -0.15) is 0 Å². The lowest BCUT2D eigenvalue weighted by Gasteiger charge is -2.14. The molecule has 0 fully saturated rings. The first-order valence-electron chi connectivity index (χ1n) is 8.83. The molecule has 2 amide bonds. The first-order chi connectivity index (χ1) is 14.0. The first kappa shape index (κ1) is 20.1. The maximum Gasteiger partial charge on any atom is 0.269 e. The average Bonchev–Trinajstić information content (AvgIpc) is 3.22. The van der Waals surface area contributed by atoms with Gasteiger partial charge in [-0.25, -0.2) is 0 Å². The number of hydrogen-bond donors (Lipinski definition) is 2. The monoisotopic (exact) mass is 402 g/mol. The van der Waals surface area contributed by atoms with Gasteiger partial charge in [0.25, 0.3) is 5.91 Å². The molecular weight excluding hydrogens is 380 g/mol. The molecule has 0 bridgehead atoms. The zero-order valence-electron chi connectivity index (χ0n) is 16.4. The Morgan fingerprint density at radius 3 is 2.28 bits per heavy atom. The van der Waals surface area contributed by atoms with E-state index in [1.165, 1.54) is 21.3 Å². The van der Waals surface area contributed by atoms with Gasteiger partial charge in [-0.15, -0.1) is 0 Å². The molecule has 2 aromatic carbocycles. The molecule has 1 aliphatic rings. The number of nitrogens with one attached hydrogen (secondary N) is 2. The normalized spacial score (nSPS) is 11.6. The highest BCUT2D eigenvalue weighted by molar-refractivity contribution is 5.96. The Balaban J connectivity index is 1.54. The third-order valence-corrected chi connectivity index (χ3v) is 4.32. The predicted molar refractivity (Wildman–Crippen MR) is 103 cm³/mol. The van der Waals surface area contributed by atoms with E-state index in [-0.39, 0.29) is 19.1 Å². The fraction of sp³-hybridized carbons (Fsp3) is 0.300. The van der Waals surface area contributed by atoms with Crippen LogP contribution in [0.2, 0.25) is 0 Å². The number of fused-ring (bicyclic) bond motifs is 1. The third-order valence-electron chi connectivity index (χ3n) is 4.32. The molecule has 0 spiro atoms. The van der Waals surface area contributed by atoms with Crippen LogP contribution in [-0.4, -0.2) is 39.9 Å². The zero-order valence-corrected chi connectivity index (χ0v) is 16.4. The Hall–Kier alpha value is -3.62. The maximum absolute atomic E-state index is 12.2. The lowest BCUT2D eigenvalue weighted by molar-refractivity contribution is -0.121. The van der Waals surface area contributed by atoms with Crippen LogP contribution in [0.4, 0.5) is 0 Å². The second kappa shape index (κ2) is 9.05. The number of carbonyl (C=O) groups is 2. The number of benzene rings is 2. The molecule has 0 saturated carbocycles. The van der Waals surface area contributed by atoms with Crippen molar-refractivity contribution in [2.75, 3.05) is 28.1 Å². The van der Waals surface area contributed by atoms with Crippen LogP contribution < -0.4 is 34.5 Å². The van der Waals surface area contributed by atoms with Gasteiger partial charge in [0.1, 0.15) is 0 Å². The minimum Gasteiger partial charge on any atom is -0.493 e. The number of methoxy groups -OCH3 is 3.